The van der Waals surface area contributed by atoms with Crippen molar-refractivity contribution in [1.82, 2.24) is 10.2 Å². The van der Waals surface area contributed by atoms with Crippen LogP contribution in [-0.4, -0.2) is 24.0 Å². The van der Waals surface area contributed by atoms with Gasteiger partial charge in [-0.15, -0.1) is 10.2 Å². The minimum atomic E-state index is -0.878. The van der Waals surface area contributed by atoms with Crippen LogP contribution in [0.4, 0.5) is 0 Å². The first-order valence-electron chi connectivity index (χ1n) is 4.84. The quantitative estimate of drug-likeness (QED) is 0.576. The van der Waals surface area contributed by atoms with Crippen molar-refractivity contribution in [3.05, 3.63) is 11.8 Å². The van der Waals surface area contributed by atoms with E-state index in [9.17, 15) is 0 Å². The number of hydrogen-bond donors (Lipinski definition) is 0. The van der Waals surface area contributed by atoms with E-state index in [1.807, 2.05) is 18.7 Å². The molecule has 0 spiro atoms. The van der Waals surface area contributed by atoms with Crippen LogP contribution >= 0.6 is 11.8 Å². The highest BCUT2D eigenvalue weighted by Crippen LogP contribution is 2.17. The molecule has 0 aromatic carbocycles. The third-order valence-corrected chi connectivity index (χ3v) is 4.85. The molecule has 0 saturated heterocycles. The maximum Gasteiger partial charge on any atom is 0.226 e. The molecule has 0 unspecified atom stereocenters. The summed E-state index contributed by atoms with van der Waals surface area (Å²) >= 11 is 1.89. The Morgan fingerprint density at radius 1 is 1.29 bits per heavy atom. The third-order valence-electron chi connectivity index (χ3n) is 1.79. The average Bonchev–Trinajstić information content (AvgIpc) is 2.44. The molecule has 0 atom stereocenters. The van der Waals surface area contributed by atoms with Crippen LogP contribution in [-0.2, 0) is 5.75 Å². The molecular weight excluding hydrogens is 212 g/mol. The highest BCUT2D eigenvalue weighted by atomic mass is 32.2. The van der Waals surface area contributed by atoms with Crippen molar-refractivity contribution < 1.29 is 4.42 Å². The standard InChI is InChI=1S/C9H18N2OSSi/c1-8-10-11-9(12-8)7-13-5-6-14(2,3)4/h5-7H2,1-4H3. The smallest absolute Gasteiger partial charge is 0.226 e. The summed E-state index contributed by atoms with van der Waals surface area (Å²) in [6.07, 6.45) is 0. The van der Waals surface area contributed by atoms with Gasteiger partial charge in [-0.1, -0.05) is 19.6 Å². The Balaban J connectivity index is 2.16. The molecule has 0 fully saturated rings. The average molecular weight is 230 g/mol. The molecule has 1 aromatic rings. The Bertz CT molecular complexity index is 283. The molecule has 5 heteroatoms. The van der Waals surface area contributed by atoms with Gasteiger partial charge in [-0.05, 0) is 11.8 Å². The molecule has 0 radical (unpaired) electrons. The van der Waals surface area contributed by atoms with Gasteiger partial charge in [-0.25, -0.2) is 0 Å². The van der Waals surface area contributed by atoms with E-state index in [4.69, 9.17) is 4.42 Å². The Morgan fingerprint density at radius 2 is 2.00 bits per heavy atom. The zero-order valence-corrected chi connectivity index (χ0v) is 11.1. The van der Waals surface area contributed by atoms with E-state index < -0.39 is 8.07 Å². The lowest BCUT2D eigenvalue weighted by atomic mass is 10.8. The summed E-state index contributed by atoms with van der Waals surface area (Å²) in [5.41, 5.74) is 0. The number of aromatic nitrogens is 2. The SMILES string of the molecule is Cc1nnc(CSCC[Si](C)(C)C)o1. The molecule has 1 aromatic heterocycles. The normalized spacial score (nSPS) is 12.0. The van der Waals surface area contributed by atoms with Gasteiger partial charge in [0, 0.05) is 15.0 Å². The van der Waals surface area contributed by atoms with E-state index in [0.717, 1.165) is 11.6 Å². The molecule has 80 valence electrons. The summed E-state index contributed by atoms with van der Waals surface area (Å²) in [4.78, 5) is 0. The largest absolute Gasteiger partial charge is 0.425 e. The number of nitrogens with zero attached hydrogens (tertiary/aromatic N) is 2. The second kappa shape index (κ2) is 4.98. The number of rotatable bonds is 5. The highest BCUT2D eigenvalue weighted by molar-refractivity contribution is 7.98. The zero-order chi connectivity index (χ0) is 10.6. The Kier molecular flexibility index (Phi) is 4.19. The summed E-state index contributed by atoms with van der Waals surface area (Å²) in [6.45, 7) is 9.00. The highest BCUT2D eigenvalue weighted by Gasteiger charge is 2.12. The van der Waals surface area contributed by atoms with Gasteiger partial charge in [0.05, 0.1) is 5.75 Å². The van der Waals surface area contributed by atoms with Gasteiger partial charge >= 0.3 is 0 Å². The van der Waals surface area contributed by atoms with Gasteiger partial charge in [-0.3, -0.25) is 0 Å². The monoisotopic (exact) mass is 230 g/mol. The summed E-state index contributed by atoms with van der Waals surface area (Å²) in [7, 11) is -0.878. The summed E-state index contributed by atoms with van der Waals surface area (Å²) < 4.78 is 5.28. The molecule has 0 aliphatic heterocycles. The van der Waals surface area contributed by atoms with Crippen LogP contribution in [0.2, 0.25) is 25.7 Å². The van der Waals surface area contributed by atoms with Crippen molar-refractivity contribution in [2.24, 2.45) is 0 Å². The molecule has 0 aliphatic rings. The van der Waals surface area contributed by atoms with Gasteiger partial charge in [0.25, 0.3) is 0 Å². The van der Waals surface area contributed by atoms with Crippen LogP contribution in [0.25, 0.3) is 0 Å². The Hall–Kier alpha value is -0.293. The topological polar surface area (TPSA) is 38.9 Å². The first-order chi connectivity index (χ1) is 6.47. The molecule has 0 aliphatic carbocycles. The number of thioether (sulfide) groups is 1. The van der Waals surface area contributed by atoms with Crippen molar-refractivity contribution >= 4 is 19.8 Å². The summed E-state index contributed by atoms with van der Waals surface area (Å²) in [6, 6.07) is 1.35. The molecule has 1 rings (SSSR count). The molecule has 1 heterocycles. The van der Waals surface area contributed by atoms with Crippen molar-refractivity contribution in [3.63, 3.8) is 0 Å². The summed E-state index contributed by atoms with van der Waals surface area (Å²) in [5, 5.41) is 7.75. The van der Waals surface area contributed by atoms with Crippen LogP contribution in [0.15, 0.2) is 4.42 Å². The predicted octanol–water partition coefficient (Wildman–Crippen LogP) is 2.95. The van der Waals surface area contributed by atoms with Crippen LogP contribution in [0.1, 0.15) is 11.8 Å². The van der Waals surface area contributed by atoms with Crippen LogP contribution in [0.5, 0.6) is 0 Å². The second-order valence-corrected chi connectivity index (χ2v) is 11.3. The zero-order valence-electron chi connectivity index (χ0n) is 9.33. The first-order valence-corrected chi connectivity index (χ1v) is 9.70. The van der Waals surface area contributed by atoms with Gasteiger partial charge in [0.15, 0.2) is 0 Å². The molecule has 3 nitrogen and oxygen atoms in total. The maximum absolute atomic E-state index is 5.28. The Labute approximate surface area is 90.7 Å². The van der Waals surface area contributed by atoms with Crippen molar-refractivity contribution in [2.75, 3.05) is 5.75 Å². The maximum atomic E-state index is 5.28. The van der Waals surface area contributed by atoms with Gasteiger partial charge < -0.3 is 4.42 Å². The minimum absolute atomic E-state index is 0.658. The second-order valence-electron chi connectivity index (χ2n) is 4.58. The lowest BCUT2D eigenvalue weighted by Gasteiger charge is -2.14. The van der Waals surface area contributed by atoms with E-state index in [2.05, 4.69) is 29.8 Å². The molecule has 0 N–H and O–H groups in total. The van der Waals surface area contributed by atoms with E-state index >= 15 is 0 Å². The van der Waals surface area contributed by atoms with E-state index in [0.29, 0.717) is 5.89 Å². The molecular formula is C9H18N2OSSi. The number of aryl methyl sites for hydroxylation is 1. The first kappa shape index (κ1) is 11.8. The number of hydrogen-bond acceptors (Lipinski definition) is 4. The van der Waals surface area contributed by atoms with Crippen molar-refractivity contribution in [3.8, 4) is 0 Å². The lowest BCUT2D eigenvalue weighted by molar-refractivity contribution is 0.485. The molecule has 0 amide bonds. The van der Waals surface area contributed by atoms with Crippen LogP contribution < -0.4 is 0 Å². The van der Waals surface area contributed by atoms with Crippen LogP contribution in [0, 0.1) is 6.92 Å². The van der Waals surface area contributed by atoms with E-state index in [1.54, 1.807) is 0 Å². The summed E-state index contributed by atoms with van der Waals surface area (Å²) in [5.74, 6) is 3.47. The minimum Gasteiger partial charge on any atom is -0.425 e. The van der Waals surface area contributed by atoms with E-state index in [1.165, 1.54) is 11.8 Å². The van der Waals surface area contributed by atoms with Gasteiger partial charge in [0.2, 0.25) is 11.8 Å². The van der Waals surface area contributed by atoms with Gasteiger partial charge in [0.1, 0.15) is 0 Å². The van der Waals surface area contributed by atoms with Gasteiger partial charge in [-0.2, -0.15) is 11.8 Å². The predicted molar refractivity (Wildman–Crippen MR) is 63.4 cm³/mol. The molecule has 0 bridgehead atoms. The van der Waals surface area contributed by atoms with Crippen molar-refractivity contribution in [2.45, 2.75) is 38.4 Å². The lowest BCUT2D eigenvalue weighted by Crippen LogP contribution is -2.19. The van der Waals surface area contributed by atoms with Crippen LogP contribution in [0.3, 0.4) is 0 Å². The Morgan fingerprint density at radius 3 is 2.50 bits per heavy atom. The fourth-order valence-electron chi connectivity index (χ4n) is 0.934. The molecule has 14 heavy (non-hydrogen) atoms. The third kappa shape index (κ3) is 4.81. The fraction of sp³-hybridized carbons (Fsp3) is 0.778. The fourth-order valence-corrected chi connectivity index (χ4v) is 4.40. The van der Waals surface area contributed by atoms with E-state index in [-0.39, 0.29) is 0 Å². The molecule has 0 saturated carbocycles. The van der Waals surface area contributed by atoms with Crippen molar-refractivity contribution in [1.29, 1.82) is 0 Å².